The van der Waals surface area contributed by atoms with Crippen LogP contribution in [0, 0.1) is 5.92 Å². The van der Waals surface area contributed by atoms with Gasteiger partial charge in [0.25, 0.3) is 0 Å². The van der Waals surface area contributed by atoms with Crippen LogP contribution in [0.3, 0.4) is 0 Å². The molecule has 1 nitrogen and oxygen atoms in total. The van der Waals surface area contributed by atoms with Gasteiger partial charge in [0.15, 0.2) is 0 Å². The summed E-state index contributed by atoms with van der Waals surface area (Å²) in [4.78, 5) is 0. The van der Waals surface area contributed by atoms with E-state index in [1.54, 1.807) is 0 Å². The normalized spacial score (nSPS) is 30.7. The Morgan fingerprint density at radius 1 is 1.56 bits per heavy atom. The predicted molar refractivity (Wildman–Crippen MR) is 43.5 cm³/mol. The molecule has 0 aromatic rings. The summed E-state index contributed by atoms with van der Waals surface area (Å²) >= 11 is 1.88. The van der Waals surface area contributed by atoms with E-state index < -0.39 is 0 Å². The van der Waals surface area contributed by atoms with Crippen LogP contribution < -0.4 is 0 Å². The molecule has 0 aromatic carbocycles. The predicted octanol–water partition coefficient (Wildman–Crippen LogP) is 2.00. The lowest BCUT2D eigenvalue weighted by molar-refractivity contribution is 0.303. The molecular weight excluding hydrogens is 130 g/mol. The van der Waals surface area contributed by atoms with Crippen molar-refractivity contribution in [1.82, 2.24) is 4.31 Å². The number of piperidine rings is 1. The van der Waals surface area contributed by atoms with Gasteiger partial charge in [-0.25, -0.2) is 0 Å². The minimum Gasteiger partial charge on any atom is -0.251 e. The number of rotatable bonds is 1. The van der Waals surface area contributed by atoms with Crippen LogP contribution >= 0.6 is 11.9 Å². The third-order valence-corrected chi connectivity index (χ3v) is 2.73. The molecule has 1 saturated heterocycles. The third-order valence-electron chi connectivity index (χ3n) is 1.88. The molecule has 9 heavy (non-hydrogen) atoms. The molecule has 0 amide bonds. The fraction of sp³-hybridized carbons (Fsp3) is 1.00. The van der Waals surface area contributed by atoms with Crippen molar-refractivity contribution in [3.8, 4) is 0 Å². The first-order valence-electron chi connectivity index (χ1n) is 3.62. The average molecular weight is 145 g/mol. The topological polar surface area (TPSA) is 3.24 Å². The highest BCUT2D eigenvalue weighted by molar-refractivity contribution is 7.96. The van der Waals surface area contributed by atoms with Gasteiger partial charge in [0.1, 0.15) is 0 Å². The molecular formula is C7H15NS. The molecule has 0 radical (unpaired) electrons. The molecule has 1 rings (SSSR count). The van der Waals surface area contributed by atoms with Crippen molar-refractivity contribution >= 4 is 11.9 Å². The lowest BCUT2D eigenvalue weighted by Gasteiger charge is -2.28. The molecule has 1 heterocycles. The van der Waals surface area contributed by atoms with Crippen LogP contribution in [0.5, 0.6) is 0 Å². The van der Waals surface area contributed by atoms with Crippen molar-refractivity contribution in [3.05, 3.63) is 0 Å². The lowest BCUT2D eigenvalue weighted by Crippen LogP contribution is -2.28. The zero-order chi connectivity index (χ0) is 6.69. The standard InChI is InChI=1S/C7H15NS/c1-7-4-3-5-8(6-7)9-2/h7H,3-6H2,1-2H3. The number of hydrogen-bond donors (Lipinski definition) is 0. The van der Waals surface area contributed by atoms with Crippen molar-refractivity contribution in [1.29, 1.82) is 0 Å². The molecule has 2 heteroatoms. The molecule has 0 N–H and O–H groups in total. The summed E-state index contributed by atoms with van der Waals surface area (Å²) in [6.45, 7) is 4.93. The summed E-state index contributed by atoms with van der Waals surface area (Å²) in [5.74, 6) is 0.922. The highest BCUT2D eigenvalue weighted by Gasteiger charge is 2.14. The minimum absolute atomic E-state index is 0.922. The van der Waals surface area contributed by atoms with Crippen LogP contribution in [-0.4, -0.2) is 23.7 Å². The summed E-state index contributed by atoms with van der Waals surface area (Å²) in [7, 11) is 0. The SMILES string of the molecule is CSN1CCCC(C)C1. The Kier molecular flexibility index (Phi) is 2.86. The van der Waals surface area contributed by atoms with Gasteiger partial charge in [-0.05, 0) is 25.0 Å². The molecule has 0 aromatic heterocycles. The average Bonchev–Trinajstić information content (AvgIpc) is 1.88. The highest BCUT2D eigenvalue weighted by Crippen LogP contribution is 2.19. The Morgan fingerprint density at radius 3 is 2.78 bits per heavy atom. The molecule has 1 fully saturated rings. The smallest absolute Gasteiger partial charge is 0.0115 e. The zero-order valence-electron chi connectivity index (χ0n) is 6.26. The third kappa shape index (κ3) is 2.18. The van der Waals surface area contributed by atoms with Crippen LogP contribution in [0.2, 0.25) is 0 Å². The van der Waals surface area contributed by atoms with Crippen LogP contribution in [-0.2, 0) is 0 Å². The minimum atomic E-state index is 0.922. The van der Waals surface area contributed by atoms with Gasteiger partial charge < -0.3 is 0 Å². The lowest BCUT2D eigenvalue weighted by atomic mass is 10.0. The van der Waals surface area contributed by atoms with E-state index in [1.807, 2.05) is 11.9 Å². The van der Waals surface area contributed by atoms with Crippen molar-refractivity contribution in [2.45, 2.75) is 19.8 Å². The second-order valence-corrected chi connectivity index (χ2v) is 3.70. The van der Waals surface area contributed by atoms with Gasteiger partial charge in [0.2, 0.25) is 0 Å². The molecule has 0 spiro atoms. The molecule has 0 saturated carbocycles. The van der Waals surface area contributed by atoms with Gasteiger partial charge in [-0.15, -0.1) is 0 Å². The summed E-state index contributed by atoms with van der Waals surface area (Å²) in [5, 5.41) is 0. The monoisotopic (exact) mass is 145 g/mol. The van der Waals surface area contributed by atoms with E-state index in [4.69, 9.17) is 0 Å². The summed E-state index contributed by atoms with van der Waals surface area (Å²) in [6.07, 6.45) is 4.98. The Bertz CT molecular complexity index is 85.0. The number of nitrogens with zero attached hydrogens (tertiary/aromatic N) is 1. The van der Waals surface area contributed by atoms with Crippen molar-refractivity contribution < 1.29 is 0 Å². The maximum absolute atomic E-state index is 2.45. The Labute approximate surface area is 61.9 Å². The Morgan fingerprint density at radius 2 is 2.33 bits per heavy atom. The van der Waals surface area contributed by atoms with Gasteiger partial charge in [-0.1, -0.05) is 18.9 Å². The van der Waals surface area contributed by atoms with Gasteiger partial charge in [-0.3, -0.25) is 4.31 Å². The highest BCUT2D eigenvalue weighted by atomic mass is 32.2. The second kappa shape index (κ2) is 3.47. The molecule has 0 bridgehead atoms. The quantitative estimate of drug-likeness (QED) is 0.519. The van der Waals surface area contributed by atoms with Crippen LogP contribution in [0.4, 0.5) is 0 Å². The largest absolute Gasteiger partial charge is 0.251 e. The molecule has 54 valence electrons. The van der Waals surface area contributed by atoms with E-state index in [2.05, 4.69) is 17.5 Å². The van der Waals surface area contributed by atoms with Gasteiger partial charge >= 0.3 is 0 Å². The van der Waals surface area contributed by atoms with E-state index in [9.17, 15) is 0 Å². The van der Waals surface area contributed by atoms with E-state index in [1.165, 1.54) is 25.9 Å². The first kappa shape index (κ1) is 7.42. The maximum Gasteiger partial charge on any atom is 0.0115 e. The molecule has 1 aliphatic rings. The van der Waals surface area contributed by atoms with E-state index >= 15 is 0 Å². The maximum atomic E-state index is 2.45. The fourth-order valence-corrected chi connectivity index (χ4v) is 2.03. The Balaban J connectivity index is 2.23. The second-order valence-electron chi connectivity index (χ2n) is 2.82. The summed E-state index contributed by atoms with van der Waals surface area (Å²) < 4.78 is 2.45. The molecule has 1 aliphatic heterocycles. The van der Waals surface area contributed by atoms with Crippen molar-refractivity contribution in [2.75, 3.05) is 19.3 Å². The van der Waals surface area contributed by atoms with Crippen molar-refractivity contribution in [3.63, 3.8) is 0 Å². The van der Waals surface area contributed by atoms with Crippen LogP contribution in [0.1, 0.15) is 19.8 Å². The number of hydrogen-bond acceptors (Lipinski definition) is 2. The molecule has 0 aliphatic carbocycles. The van der Waals surface area contributed by atoms with Gasteiger partial charge in [0, 0.05) is 13.1 Å². The van der Waals surface area contributed by atoms with Crippen molar-refractivity contribution in [2.24, 2.45) is 5.92 Å². The van der Waals surface area contributed by atoms with Gasteiger partial charge in [-0.2, -0.15) is 0 Å². The Hall–Kier alpha value is 0.310. The summed E-state index contributed by atoms with van der Waals surface area (Å²) in [6, 6.07) is 0. The molecule has 1 unspecified atom stereocenters. The van der Waals surface area contributed by atoms with Crippen LogP contribution in [0.25, 0.3) is 0 Å². The van der Waals surface area contributed by atoms with Gasteiger partial charge in [0.05, 0.1) is 0 Å². The fourth-order valence-electron chi connectivity index (χ4n) is 1.31. The first-order chi connectivity index (χ1) is 4.33. The molecule has 1 atom stereocenters. The van der Waals surface area contributed by atoms with E-state index in [0.29, 0.717) is 0 Å². The summed E-state index contributed by atoms with van der Waals surface area (Å²) in [5.41, 5.74) is 0. The zero-order valence-corrected chi connectivity index (χ0v) is 7.08. The first-order valence-corrected chi connectivity index (χ1v) is 4.80. The van der Waals surface area contributed by atoms with E-state index in [-0.39, 0.29) is 0 Å². The van der Waals surface area contributed by atoms with Crippen LogP contribution in [0.15, 0.2) is 0 Å². The van der Waals surface area contributed by atoms with E-state index in [0.717, 1.165) is 5.92 Å².